The fourth-order valence-electron chi connectivity index (χ4n) is 1.47. The molecule has 0 aromatic heterocycles. The van der Waals surface area contributed by atoms with Crippen molar-refractivity contribution < 1.29 is 9.63 Å². The van der Waals surface area contributed by atoms with Crippen LogP contribution in [0.15, 0.2) is 23.4 Å². The van der Waals surface area contributed by atoms with Gasteiger partial charge in [-0.05, 0) is 31.4 Å². The van der Waals surface area contributed by atoms with Crippen LogP contribution in [0.4, 0.5) is 5.69 Å². The summed E-state index contributed by atoms with van der Waals surface area (Å²) in [4.78, 5) is 16.0. The van der Waals surface area contributed by atoms with Gasteiger partial charge in [0.15, 0.2) is 5.84 Å². The first-order valence-corrected chi connectivity index (χ1v) is 5.49. The van der Waals surface area contributed by atoms with Crippen LogP contribution in [0, 0.1) is 12.8 Å². The minimum atomic E-state index is -0.311. The molecule has 1 aliphatic carbocycles. The zero-order valence-corrected chi connectivity index (χ0v) is 9.64. The summed E-state index contributed by atoms with van der Waals surface area (Å²) in [6, 6.07) is 5.35. The molecule has 17 heavy (non-hydrogen) atoms. The normalized spacial score (nSPS) is 15.7. The van der Waals surface area contributed by atoms with Crippen molar-refractivity contribution in [3.05, 3.63) is 29.3 Å². The fourth-order valence-corrected chi connectivity index (χ4v) is 1.47. The first-order chi connectivity index (χ1) is 8.09. The van der Waals surface area contributed by atoms with Crippen LogP contribution in [0.25, 0.3) is 0 Å². The highest BCUT2D eigenvalue weighted by Crippen LogP contribution is 2.30. The third-order valence-electron chi connectivity index (χ3n) is 2.80. The Morgan fingerprint density at radius 1 is 1.47 bits per heavy atom. The number of carbonyl (C=O) groups is 1. The first-order valence-electron chi connectivity index (χ1n) is 5.49. The second-order valence-corrected chi connectivity index (χ2v) is 4.18. The van der Waals surface area contributed by atoms with E-state index < -0.39 is 0 Å². The van der Waals surface area contributed by atoms with E-state index in [0.717, 1.165) is 18.4 Å². The first kappa shape index (κ1) is 11.4. The third-order valence-corrected chi connectivity index (χ3v) is 2.80. The van der Waals surface area contributed by atoms with Gasteiger partial charge in [-0.25, -0.2) is 4.79 Å². The van der Waals surface area contributed by atoms with Crippen molar-refractivity contribution in [3.63, 3.8) is 0 Å². The zero-order chi connectivity index (χ0) is 12.4. The Kier molecular flexibility index (Phi) is 2.99. The Bertz CT molecular complexity index is 479. The van der Waals surface area contributed by atoms with Gasteiger partial charge in [-0.3, -0.25) is 0 Å². The van der Waals surface area contributed by atoms with Crippen molar-refractivity contribution in [3.8, 4) is 0 Å². The summed E-state index contributed by atoms with van der Waals surface area (Å²) < 4.78 is 0. The third kappa shape index (κ3) is 2.55. The van der Waals surface area contributed by atoms with Crippen molar-refractivity contribution in [2.24, 2.45) is 16.8 Å². The minimum Gasteiger partial charge on any atom is -0.398 e. The van der Waals surface area contributed by atoms with Crippen molar-refractivity contribution >= 4 is 17.5 Å². The van der Waals surface area contributed by atoms with E-state index in [1.54, 1.807) is 18.2 Å². The van der Waals surface area contributed by atoms with Gasteiger partial charge in [-0.2, -0.15) is 0 Å². The van der Waals surface area contributed by atoms with E-state index in [2.05, 4.69) is 5.16 Å². The topological polar surface area (TPSA) is 90.7 Å². The Balaban J connectivity index is 2.12. The van der Waals surface area contributed by atoms with Gasteiger partial charge < -0.3 is 16.3 Å². The number of benzene rings is 1. The van der Waals surface area contributed by atoms with Gasteiger partial charge in [0.25, 0.3) is 0 Å². The number of anilines is 1. The molecule has 0 amide bonds. The van der Waals surface area contributed by atoms with E-state index in [-0.39, 0.29) is 17.7 Å². The molecule has 5 heteroatoms. The highest BCUT2D eigenvalue weighted by molar-refractivity contribution is 5.99. The maximum atomic E-state index is 11.3. The molecule has 0 aliphatic heterocycles. The lowest BCUT2D eigenvalue weighted by atomic mass is 10.1. The van der Waals surface area contributed by atoms with Crippen LogP contribution in [0.3, 0.4) is 0 Å². The number of nitrogens with zero attached hydrogens (tertiary/aromatic N) is 1. The van der Waals surface area contributed by atoms with E-state index in [9.17, 15) is 4.79 Å². The molecule has 4 N–H and O–H groups in total. The predicted molar refractivity (Wildman–Crippen MR) is 65.1 cm³/mol. The molecule has 0 radical (unpaired) electrons. The molecule has 0 bridgehead atoms. The van der Waals surface area contributed by atoms with Crippen molar-refractivity contribution in [2.75, 3.05) is 5.73 Å². The Morgan fingerprint density at radius 2 is 2.18 bits per heavy atom. The predicted octanol–water partition coefficient (Wildman–Crippen LogP) is 1.15. The molecule has 0 saturated heterocycles. The second-order valence-electron chi connectivity index (χ2n) is 4.18. The van der Waals surface area contributed by atoms with Crippen LogP contribution in [0.5, 0.6) is 0 Å². The smallest absolute Gasteiger partial charge is 0.338 e. The van der Waals surface area contributed by atoms with Gasteiger partial charge in [0.1, 0.15) is 0 Å². The number of nitrogens with two attached hydrogens (primary N) is 2. The maximum Gasteiger partial charge on any atom is 0.338 e. The lowest BCUT2D eigenvalue weighted by molar-refractivity contribution is -0.145. The van der Waals surface area contributed by atoms with E-state index in [1.165, 1.54) is 0 Å². The lowest BCUT2D eigenvalue weighted by Crippen LogP contribution is -2.17. The molecule has 2 rings (SSSR count). The van der Waals surface area contributed by atoms with E-state index in [0.29, 0.717) is 11.3 Å². The minimum absolute atomic E-state index is 0.00786. The van der Waals surface area contributed by atoms with Crippen LogP contribution < -0.4 is 11.5 Å². The summed E-state index contributed by atoms with van der Waals surface area (Å²) >= 11 is 0. The number of amidine groups is 1. The van der Waals surface area contributed by atoms with Crippen LogP contribution in [0.2, 0.25) is 0 Å². The van der Waals surface area contributed by atoms with Gasteiger partial charge in [0, 0.05) is 11.3 Å². The highest BCUT2D eigenvalue weighted by atomic mass is 16.7. The average molecular weight is 233 g/mol. The Morgan fingerprint density at radius 3 is 2.82 bits per heavy atom. The molecule has 0 unspecified atom stereocenters. The molecule has 0 spiro atoms. The van der Waals surface area contributed by atoms with Gasteiger partial charge >= 0.3 is 5.97 Å². The van der Waals surface area contributed by atoms with Crippen LogP contribution in [-0.2, 0) is 9.63 Å². The van der Waals surface area contributed by atoms with E-state index in [1.807, 2.05) is 6.92 Å². The Hall–Kier alpha value is -2.04. The van der Waals surface area contributed by atoms with Crippen molar-refractivity contribution in [2.45, 2.75) is 19.8 Å². The molecule has 1 saturated carbocycles. The fraction of sp³-hybridized carbons (Fsp3) is 0.333. The number of carbonyl (C=O) groups excluding carboxylic acids is 1. The largest absolute Gasteiger partial charge is 0.398 e. The lowest BCUT2D eigenvalue weighted by Gasteiger charge is -2.06. The van der Waals surface area contributed by atoms with Crippen molar-refractivity contribution in [1.82, 2.24) is 0 Å². The SMILES string of the molecule is Cc1c(N)cccc1/C(N)=N/OC(=O)C1CC1. The van der Waals surface area contributed by atoms with Crippen LogP contribution >= 0.6 is 0 Å². The van der Waals surface area contributed by atoms with E-state index in [4.69, 9.17) is 16.3 Å². The molecular formula is C12H15N3O2. The second kappa shape index (κ2) is 4.45. The zero-order valence-electron chi connectivity index (χ0n) is 9.64. The van der Waals surface area contributed by atoms with Crippen LogP contribution in [-0.4, -0.2) is 11.8 Å². The molecule has 1 fully saturated rings. The maximum absolute atomic E-state index is 11.3. The summed E-state index contributed by atoms with van der Waals surface area (Å²) in [7, 11) is 0. The number of hydrogen-bond acceptors (Lipinski definition) is 4. The summed E-state index contributed by atoms with van der Waals surface area (Å²) in [6.07, 6.45) is 1.76. The molecule has 0 heterocycles. The molecule has 1 aliphatic rings. The van der Waals surface area contributed by atoms with Gasteiger partial charge in [-0.15, -0.1) is 0 Å². The molecule has 90 valence electrons. The monoisotopic (exact) mass is 233 g/mol. The van der Waals surface area contributed by atoms with Gasteiger partial charge in [0.2, 0.25) is 0 Å². The number of hydrogen-bond donors (Lipinski definition) is 2. The molecular weight excluding hydrogens is 218 g/mol. The highest BCUT2D eigenvalue weighted by Gasteiger charge is 2.31. The molecule has 1 aromatic rings. The quantitative estimate of drug-likeness (QED) is 0.269. The Labute approximate surface area is 99.4 Å². The van der Waals surface area contributed by atoms with Gasteiger partial charge in [-0.1, -0.05) is 17.3 Å². The summed E-state index contributed by atoms with van der Waals surface area (Å²) in [6.45, 7) is 1.84. The van der Waals surface area contributed by atoms with Gasteiger partial charge in [0.05, 0.1) is 5.92 Å². The summed E-state index contributed by atoms with van der Waals surface area (Å²) in [5.41, 5.74) is 13.7. The number of nitrogen functional groups attached to an aromatic ring is 1. The molecule has 0 atom stereocenters. The van der Waals surface area contributed by atoms with E-state index >= 15 is 0 Å². The number of oxime groups is 1. The standard InChI is InChI=1S/C12H15N3O2/c1-7-9(3-2-4-10(7)13)11(14)15-17-12(16)8-5-6-8/h2-4,8H,5-6,13H2,1H3,(H2,14,15). The summed E-state index contributed by atoms with van der Waals surface area (Å²) in [5, 5.41) is 3.65. The number of rotatable bonds is 3. The average Bonchev–Trinajstić information content (AvgIpc) is 3.13. The van der Waals surface area contributed by atoms with Crippen molar-refractivity contribution in [1.29, 1.82) is 0 Å². The summed E-state index contributed by atoms with van der Waals surface area (Å²) in [5.74, 6) is -0.133. The molecule has 5 nitrogen and oxygen atoms in total. The van der Waals surface area contributed by atoms with Crippen LogP contribution in [0.1, 0.15) is 24.0 Å². The molecule has 1 aromatic carbocycles.